The van der Waals surface area contributed by atoms with Gasteiger partial charge in [0.2, 0.25) is 0 Å². The van der Waals surface area contributed by atoms with E-state index in [0.29, 0.717) is 24.1 Å². The third-order valence-corrected chi connectivity index (χ3v) is 3.16. The zero-order chi connectivity index (χ0) is 15.4. The lowest BCUT2D eigenvalue weighted by Crippen LogP contribution is -2.23. The van der Waals surface area contributed by atoms with Crippen LogP contribution in [0.15, 0.2) is 36.4 Å². The lowest BCUT2D eigenvalue weighted by Gasteiger charge is -2.19. The Morgan fingerprint density at radius 3 is 2.14 bits per heavy atom. The van der Waals surface area contributed by atoms with Gasteiger partial charge in [0.05, 0.1) is 0 Å². The normalized spacial score (nSPS) is 12.4. The maximum atomic E-state index is 13.3. The number of hydrogen-bond acceptors (Lipinski definition) is 1. The summed E-state index contributed by atoms with van der Waals surface area (Å²) in [4.78, 5) is 0. The van der Waals surface area contributed by atoms with Crippen molar-refractivity contribution < 1.29 is 17.6 Å². The van der Waals surface area contributed by atoms with Gasteiger partial charge in [-0.15, -0.1) is 0 Å². The monoisotopic (exact) mass is 297 g/mol. The van der Waals surface area contributed by atoms with Crippen molar-refractivity contribution in [1.29, 1.82) is 0 Å². The van der Waals surface area contributed by atoms with Gasteiger partial charge in [-0.3, -0.25) is 0 Å². The van der Waals surface area contributed by atoms with E-state index in [1.54, 1.807) is 0 Å². The first-order valence-electron chi connectivity index (χ1n) is 6.63. The van der Waals surface area contributed by atoms with Gasteiger partial charge in [0, 0.05) is 12.1 Å². The van der Waals surface area contributed by atoms with E-state index in [-0.39, 0.29) is 6.04 Å². The number of halogens is 4. The van der Waals surface area contributed by atoms with Crippen LogP contribution in [0.5, 0.6) is 0 Å². The quantitative estimate of drug-likeness (QED) is 0.818. The summed E-state index contributed by atoms with van der Waals surface area (Å²) in [5.41, 5.74) is 0.976. The fourth-order valence-corrected chi connectivity index (χ4v) is 2.23. The highest BCUT2D eigenvalue weighted by molar-refractivity contribution is 5.26. The lowest BCUT2D eigenvalue weighted by molar-refractivity contribution is 0.501. The van der Waals surface area contributed by atoms with Crippen LogP contribution < -0.4 is 5.32 Å². The minimum Gasteiger partial charge on any atom is -0.310 e. The van der Waals surface area contributed by atoms with Gasteiger partial charge in [-0.25, -0.2) is 17.6 Å². The van der Waals surface area contributed by atoms with Crippen LogP contribution in [0, 0.1) is 23.3 Å². The Hall–Kier alpha value is -1.88. The second kappa shape index (κ2) is 6.72. The molecule has 0 radical (unpaired) electrons. The lowest BCUT2D eigenvalue weighted by atomic mass is 9.98. The molecule has 0 amide bonds. The van der Waals surface area contributed by atoms with Crippen LogP contribution in [-0.2, 0) is 6.42 Å². The van der Waals surface area contributed by atoms with Crippen LogP contribution in [0.2, 0.25) is 0 Å². The molecule has 112 valence electrons. The molecule has 0 aromatic heterocycles. The maximum absolute atomic E-state index is 13.3. The first-order valence-corrected chi connectivity index (χ1v) is 6.63. The van der Waals surface area contributed by atoms with Crippen LogP contribution in [0.3, 0.4) is 0 Å². The van der Waals surface area contributed by atoms with E-state index in [9.17, 15) is 17.6 Å². The van der Waals surface area contributed by atoms with E-state index in [1.807, 2.05) is 6.92 Å². The molecule has 2 aromatic carbocycles. The van der Waals surface area contributed by atoms with Crippen molar-refractivity contribution in [3.63, 3.8) is 0 Å². The Balaban J connectivity index is 2.27. The van der Waals surface area contributed by atoms with E-state index in [2.05, 4.69) is 5.32 Å². The topological polar surface area (TPSA) is 12.0 Å². The van der Waals surface area contributed by atoms with E-state index in [4.69, 9.17) is 0 Å². The zero-order valence-corrected chi connectivity index (χ0v) is 11.5. The summed E-state index contributed by atoms with van der Waals surface area (Å²) < 4.78 is 52.8. The third kappa shape index (κ3) is 4.04. The summed E-state index contributed by atoms with van der Waals surface area (Å²) in [6.07, 6.45) is 0.300. The first-order chi connectivity index (χ1) is 9.99. The van der Waals surface area contributed by atoms with E-state index in [0.717, 1.165) is 18.2 Å². The summed E-state index contributed by atoms with van der Waals surface area (Å²) in [6.45, 7) is 2.43. The van der Waals surface area contributed by atoms with Gasteiger partial charge in [-0.1, -0.05) is 13.0 Å². The van der Waals surface area contributed by atoms with Gasteiger partial charge in [0.1, 0.15) is 11.6 Å². The molecule has 0 aliphatic heterocycles. The predicted molar refractivity (Wildman–Crippen MR) is 72.8 cm³/mol. The maximum Gasteiger partial charge on any atom is 0.159 e. The van der Waals surface area contributed by atoms with E-state index >= 15 is 0 Å². The van der Waals surface area contributed by atoms with Gasteiger partial charge in [-0.05, 0) is 48.4 Å². The van der Waals surface area contributed by atoms with Crippen molar-refractivity contribution in [3.05, 3.63) is 70.8 Å². The Morgan fingerprint density at radius 2 is 1.57 bits per heavy atom. The molecule has 1 N–H and O–H groups in total. The molecular formula is C16H15F4N. The molecule has 1 unspecified atom stereocenters. The highest BCUT2D eigenvalue weighted by Crippen LogP contribution is 2.21. The smallest absolute Gasteiger partial charge is 0.159 e. The fraction of sp³-hybridized carbons (Fsp3) is 0.250. The Kier molecular flexibility index (Phi) is 4.96. The number of hydrogen-bond donors (Lipinski definition) is 1. The second-order valence-electron chi connectivity index (χ2n) is 4.77. The van der Waals surface area contributed by atoms with Crippen LogP contribution in [0.25, 0.3) is 0 Å². The summed E-state index contributed by atoms with van der Waals surface area (Å²) >= 11 is 0. The minimum atomic E-state index is -0.937. The molecule has 2 aromatic rings. The molecule has 0 aliphatic rings. The molecule has 0 spiro atoms. The van der Waals surface area contributed by atoms with Crippen molar-refractivity contribution in [3.8, 4) is 0 Å². The van der Waals surface area contributed by atoms with Gasteiger partial charge in [0.15, 0.2) is 11.6 Å². The van der Waals surface area contributed by atoms with Gasteiger partial charge in [-0.2, -0.15) is 0 Å². The molecule has 0 heterocycles. The number of likely N-dealkylation sites (N-methyl/N-ethyl adjacent to an activating group) is 1. The van der Waals surface area contributed by atoms with Gasteiger partial charge >= 0.3 is 0 Å². The van der Waals surface area contributed by atoms with Crippen LogP contribution >= 0.6 is 0 Å². The molecule has 0 bridgehead atoms. The largest absolute Gasteiger partial charge is 0.310 e. The molecule has 2 rings (SSSR count). The Morgan fingerprint density at radius 1 is 0.905 bits per heavy atom. The molecule has 21 heavy (non-hydrogen) atoms. The molecule has 1 nitrogen and oxygen atoms in total. The molecule has 0 saturated heterocycles. The molecule has 0 saturated carbocycles. The third-order valence-electron chi connectivity index (χ3n) is 3.16. The fourth-order valence-electron chi connectivity index (χ4n) is 2.23. The average molecular weight is 297 g/mol. The molecule has 1 atom stereocenters. The molecule has 0 fully saturated rings. The Bertz CT molecular complexity index is 607. The number of nitrogens with one attached hydrogen (secondary N) is 1. The van der Waals surface area contributed by atoms with Crippen molar-refractivity contribution in [2.45, 2.75) is 19.4 Å². The number of rotatable bonds is 5. The summed E-state index contributed by atoms with van der Waals surface area (Å²) in [7, 11) is 0. The van der Waals surface area contributed by atoms with Crippen LogP contribution in [-0.4, -0.2) is 6.54 Å². The van der Waals surface area contributed by atoms with E-state index < -0.39 is 23.3 Å². The summed E-state index contributed by atoms with van der Waals surface area (Å²) in [5, 5.41) is 3.09. The number of benzene rings is 2. The molecule has 5 heteroatoms. The van der Waals surface area contributed by atoms with Crippen LogP contribution in [0.1, 0.15) is 24.1 Å². The average Bonchev–Trinajstić information content (AvgIpc) is 2.41. The summed E-state index contributed by atoms with van der Waals surface area (Å²) in [5.74, 6) is -3.19. The standard InChI is InChI=1S/C16H15F4N/c1-2-21-16(11-7-12(17)9-13(18)8-11)6-10-3-4-14(19)15(20)5-10/h3-5,7-9,16,21H,2,6H2,1H3. The predicted octanol–water partition coefficient (Wildman–Crippen LogP) is 4.14. The highest BCUT2D eigenvalue weighted by atomic mass is 19.2. The SMILES string of the molecule is CCNC(Cc1ccc(F)c(F)c1)c1cc(F)cc(F)c1. The van der Waals surface area contributed by atoms with Crippen molar-refractivity contribution >= 4 is 0 Å². The highest BCUT2D eigenvalue weighted by Gasteiger charge is 2.14. The van der Waals surface area contributed by atoms with Gasteiger partial charge < -0.3 is 5.32 Å². The second-order valence-corrected chi connectivity index (χ2v) is 4.77. The minimum absolute atomic E-state index is 0.300. The van der Waals surface area contributed by atoms with Crippen molar-refractivity contribution in [2.75, 3.05) is 6.54 Å². The summed E-state index contributed by atoms with van der Waals surface area (Å²) in [6, 6.07) is 6.47. The van der Waals surface area contributed by atoms with Crippen molar-refractivity contribution in [1.82, 2.24) is 5.32 Å². The van der Waals surface area contributed by atoms with Gasteiger partial charge in [0.25, 0.3) is 0 Å². The zero-order valence-electron chi connectivity index (χ0n) is 11.5. The van der Waals surface area contributed by atoms with Crippen LogP contribution in [0.4, 0.5) is 17.6 Å². The van der Waals surface area contributed by atoms with Crippen molar-refractivity contribution in [2.24, 2.45) is 0 Å². The Labute approximate surface area is 120 Å². The first kappa shape index (κ1) is 15.5. The van der Waals surface area contributed by atoms with E-state index in [1.165, 1.54) is 18.2 Å². The molecular weight excluding hydrogens is 282 g/mol. The molecule has 0 aliphatic carbocycles.